The number of hydrogen-bond acceptors (Lipinski definition) is 3. The molecule has 1 aliphatic heterocycles. The van der Waals surface area contributed by atoms with Crippen molar-refractivity contribution in [1.82, 2.24) is 0 Å². The van der Waals surface area contributed by atoms with Crippen LogP contribution in [-0.4, -0.2) is 20.2 Å². The van der Waals surface area contributed by atoms with Crippen LogP contribution in [0, 0.1) is 0 Å². The number of benzene rings is 1. The van der Waals surface area contributed by atoms with Crippen molar-refractivity contribution in [2.45, 2.75) is 25.8 Å². The molecule has 3 nitrogen and oxygen atoms in total. The highest BCUT2D eigenvalue weighted by Gasteiger charge is 2.21. The highest BCUT2D eigenvalue weighted by Crippen LogP contribution is 2.19. The van der Waals surface area contributed by atoms with Crippen molar-refractivity contribution in [1.29, 1.82) is 0 Å². The Hall–Kier alpha value is -1.29. The fraction of sp³-hybridized carbons (Fsp3) is 0.385. The molecule has 1 aromatic carbocycles. The molecule has 2 rings (SSSR count). The van der Waals surface area contributed by atoms with Gasteiger partial charge >= 0.3 is 0 Å². The quantitative estimate of drug-likeness (QED) is 0.898. The van der Waals surface area contributed by atoms with E-state index in [4.69, 9.17) is 0 Å². The lowest BCUT2D eigenvalue weighted by atomic mass is 10.0. The fourth-order valence-electron chi connectivity index (χ4n) is 1.84. The summed E-state index contributed by atoms with van der Waals surface area (Å²) >= 11 is 0. The van der Waals surface area contributed by atoms with E-state index < -0.39 is 9.84 Å². The Balaban J connectivity index is 2.03. The zero-order chi connectivity index (χ0) is 12.5. The summed E-state index contributed by atoms with van der Waals surface area (Å²) in [7, 11) is -2.98. The molecule has 0 spiro atoms. The minimum absolute atomic E-state index is 0.107. The number of nitrogens with one attached hydrogen (secondary N) is 1. The summed E-state index contributed by atoms with van der Waals surface area (Å²) < 4.78 is 22.5. The van der Waals surface area contributed by atoms with Gasteiger partial charge in [-0.05, 0) is 23.6 Å². The molecule has 17 heavy (non-hydrogen) atoms. The molecular formula is C13H17NO2S. The smallest absolute Gasteiger partial charge is 0.173 e. The van der Waals surface area contributed by atoms with E-state index >= 15 is 0 Å². The second-order valence-electron chi connectivity index (χ2n) is 4.69. The first-order valence-corrected chi connectivity index (χ1v) is 7.45. The third-order valence-electron chi connectivity index (χ3n) is 2.86. The molecule has 4 heteroatoms. The Morgan fingerprint density at radius 2 is 1.88 bits per heavy atom. The van der Waals surface area contributed by atoms with Crippen LogP contribution < -0.4 is 5.32 Å². The standard InChI is InChI=1S/C13H17NO2S/c1-10(2)11-3-5-12(6-4-11)14-13-7-8-17(15,16)9-13/h3-8,10,13-14H,9H2,1-2H3/t13-/m0/s1. The van der Waals surface area contributed by atoms with Crippen LogP contribution in [0.3, 0.4) is 0 Å². The molecule has 1 aliphatic rings. The van der Waals surface area contributed by atoms with Gasteiger partial charge in [0.15, 0.2) is 9.84 Å². The average Bonchev–Trinajstić information content (AvgIpc) is 2.59. The van der Waals surface area contributed by atoms with Gasteiger partial charge in [-0.2, -0.15) is 0 Å². The summed E-state index contributed by atoms with van der Waals surface area (Å²) in [6.45, 7) is 4.30. The van der Waals surface area contributed by atoms with Gasteiger partial charge in [-0.15, -0.1) is 0 Å². The van der Waals surface area contributed by atoms with E-state index in [1.807, 2.05) is 12.1 Å². The lowest BCUT2D eigenvalue weighted by Gasteiger charge is -2.12. The van der Waals surface area contributed by atoms with E-state index in [0.29, 0.717) is 5.92 Å². The van der Waals surface area contributed by atoms with Crippen LogP contribution in [0.25, 0.3) is 0 Å². The zero-order valence-electron chi connectivity index (χ0n) is 10.1. The van der Waals surface area contributed by atoms with Gasteiger partial charge in [0.25, 0.3) is 0 Å². The molecule has 1 atom stereocenters. The molecule has 0 bridgehead atoms. The van der Waals surface area contributed by atoms with E-state index in [9.17, 15) is 8.42 Å². The lowest BCUT2D eigenvalue weighted by Crippen LogP contribution is -2.20. The molecule has 0 amide bonds. The van der Waals surface area contributed by atoms with Gasteiger partial charge in [-0.1, -0.05) is 32.1 Å². The van der Waals surface area contributed by atoms with Crippen LogP contribution in [0.4, 0.5) is 5.69 Å². The molecular weight excluding hydrogens is 234 g/mol. The molecule has 1 heterocycles. The normalized spacial score (nSPS) is 21.9. The highest BCUT2D eigenvalue weighted by molar-refractivity contribution is 7.94. The summed E-state index contributed by atoms with van der Waals surface area (Å²) in [6, 6.07) is 8.02. The highest BCUT2D eigenvalue weighted by atomic mass is 32.2. The Morgan fingerprint density at radius 3 is 2.35 bits per heavy atom. The molecule has 0 unspecified atom stereocenters. The van der Waals surface area contributed by atoms with Crippen LogP contribution in [-0.2, 0) is 9.84 Å². The molecule has 1 N–H and O–H groups in total. The first-order chi connectivity index (χ1) is 7.96. The molecule has 92 valence electrons. The Kier molecular flexibility index (Phi) is 3.24. The van der Waals surface area contributed by atoms with Crippen molar-refractivity contribution in [3.8, 4) is 0 Å². The Morgan fingerprint density at radius 1 is 1.24 bits per heavy atom. The van der Waals surface area contributed by atoms with Crippen LogP contribution in [0.5, 0.6) is 0 Å². The van der Waals surface area contributed by atoms with Gasteiger partial charge in [0, 0.05) is 11.1 Å². The Labute approximate surface area is 102 Å². The third-order valence-corrected chi connectivity index (χ3v) is 4.26. The molecule has 0 saturated carbocycles. The second kappa shape index (κ2) is 4.53. The molecule has 0 fully saturated rings. The second-order valence-corrected chi connectivity index (χ2v) is 6.62. The summed E-state index contributed by atoms with van der Waals surface area (Å²) in [5, 5.41) is 4.48. The van der Waals surface area contributed by atoms with Crippen LogP contribution in [0.15, 0.2) is 35.7 Å². The van der Waals surface area contributed by atoms with Crippen molar-refractivity contribution in [2.75, 3.05) is 11.1 Å². The summed E-state index contributed by atoms with van der Waals surface area (Å²) in [4.78, 5) is 0. The van der Waals surface area contributed by atoms with Crippen LogP contribution in [0.1, 0.15) is 25.3 Å². The first kappa shape index (κ1) is 12.2. The van der Waals surface area contributed by atoms with E-state index in [0.717, 1.165) is 5.69 Å². The molecule has 0 aromatic heterocycles. The van der Waals surface area contributed by atoms with E-state index in [-0.39, 0.29) is 11.8 Å². The largest absolute Gasteiger partial charge is 0.378 e. The zero-order valence-corrected chi connectivity index (χ0v) is 10.9. The molecule has 0 radical (unpaired) electrons. The van der Waals surface area contributed by atoms with E-state index in [1.54, 1.807) is 6.08 Å². The average molecular weight is 251 g/mol. The van der Waals surface area contributed by atoms with E-state index in [1.165, 1.54) is 11.0 Å². The number of sulfone groups is 1. The first-order valence-electron chi connectivity index (χ1n) is 5.74. The van der Waals surface area contributed by atoms with Gasteiger partial charge in [-0.3, -0.25) is 0 Å². The lowest BCUT2D eigenvalue weighted by molar-refractivity contribution is 0.605. The number of anilines is 1. The van der Waals surface area contributed by atoms with Gasteiger partial charge in [0.2, 0.25) is 0 Å². The van der Waals surface area contributed by atoms with E-state index in [2.05, 4.69) is 31.3 Å². The summed E-state index contributed by atoms with van der Waals surface area (Å²) in [6.07, 6.45) is 1.70. The van der Waals surface area contributed by atoms with Crippen molar-refractivity contribution in [3.05, 3.63) is 41.3 Å². The van der Waals surface area contributed by atoms with Crippen molar-refractivity contribution in [3.63, 3.8) is 0 Å². The predicted molar refractivity (Wildman–Crippen MR) is 70.9 cm³/mol. The van der Waals surface area contributed by atoms with Gasteiger partial charge < -0.3 is 5.32 Å². The molecule has 0 aliphatic carbocycles. The molecule has 0 saturated heterocycles. The number of rotatable bonds is 3. The SMILES string of the molecule is CC(C)c1ccc(N[C@H]2C=CS(=O)(=O)C2)cc1. The van der Waals surface area contributed by atoms with Gasteiger partial charge in [-0.25, -0.2) is 8.42 Å². The number of hydrogen-bond donors (Lipinski definition) is 1. The minimum Gasteiger partial charge on any atom is -0.378 e. The van der Waals surface area contributed by atoms with Gasteiger partial charge in [0.05, 0.1) is 11.8 Å². The minimum atomic E-state index is -2.98. The predicted octanol–water partition coefficient (Wildman–Crippen LogP) is 2.53. The Bertz CT molecular complexity index is 515. The summed E-state index contributed by atoms with van der Waals surface area (Å²) in [5.74, 6) is 0.662. The monoisotopic (exact) mass is 251 g/mol. The summed E-state index contributed by atoms with van der Waals surface area (Å²) in [5.41, 5.74) is 2.24. The van der Waals surface area contributed by atoms with Crippen molar-refractivity contribution >= 4 is 15.5 Å². The maximum absolute atomic E-state index is 11.2. The van der Waals surface area contributed by atoms with Crippen molar-refractivity contribution < 1.29 is 8.42 Å². The molecule has 1 aromatic rings. The maximum atomic E-state index is 11.2. The topological polar surface area (TPSA) is 46.2 Å². The maximum Gasteiger partial charge on any atom is 0.173 e. The van der Waals surface area contributed by atoms with Crippen molar-refractivity contribution in [2.24, 2.45) is 0 Å². The van der Waals surface area contributed by atoms with Crippen LogP contribution >= 0.6 is 0 Å². The van der Waals surface area contributed by atoms with Crippen LogP contribution in [0.2, 0.25) is 0 Å². The third kappa shape index (κ3) is 3.09. The van der Waals surface area contributed by atoms with Gasteiger partial charge in [0.1, 0.15) is 0 Å². The fourth-order valence-corrected chi connectivity index (χ4v) is 3.08.